The summed E-state index contributed by atoms with van der Waals surface area (Å²) < 4.78 is 0. The lowest BCUT2D eigenvalue weighted by Gasteiger charge is -2.60. The van der Waals surface area contributed by atoms with Gasteiger partial charge in [0.05, 0.1) is 0 Å². The van der Waals surface area contributed by atoms with Crippen LogP contribution in [0.25, 0.3) is 0 Å². The van der Waals surface area contributed by atoms with Gasteiger partial charge in [-0.2, -0.15) is 0 Å². The van der Waals surface area contributed by atoms with Gasteiger partial charge in [-0.15, -0.1) is 0 Å². The molecule has 0 heteroatoms. The molecule has 172 valence electrons. The van der Waals surface area contributed by atoms with E-state index in [-0.39, 0.29) is 0 Å². The van der Waals surface area contributed by atoms with Gasteiger partial charge < -0.3 is 0 Å². The molecular weight excluding hydrogens is 360 g/mol. The van der Waals surface area contributed by atoms with Crippen LogP contribution < -0.4 is 0 Å². The van der Waals surface area contributed by atoms with Crippen LogP contribution in [-0.4, -0.2) is 0 Å². The molecule has 4 rings (SSSR count). The van der Waals surface area contributed by atoms with Crippen molar-refractivity contribution >= 4 is 0 Å². The average molecular weight is 413 g/mol. The number of allylic oxidation sites excluding steroid dienone is 2. The van der Waals surface area contributed by atoms with E-state index in [9.17, 15) is 0 Å². The van der Waals surface area contributed by atoms with E-state index in [2.05, 4.69) is 54.5 Å². The van der Waals surface area contributed by atoms with Crippen LogP contribution in [0.15, 0.2) is 11.6 Å². The van der Waals surface area contributed by atoms with E-state index in [0.29, 0.717) is 10.8 Å². The maximum absolute atomic E-state index is 2.76. The zero-order valence-corrected chi connectivity index (χ0v) is 21.5. The normalized spacial score (nSPS) is 45.3. The molecule has 0 nitrogen and oxygen atoms in total. The fraction of sp³-hybridized carbons (Fsp3) is 0.933. The summed E-state index contributed by atoms with van der Waals surface area (Å²) in [6.07, 6.45) is 18.8. The zero-order chi connectivity index (χ0) is 21.7. The van der Waals surface area contributed by atoms with Crippen LogP contribution in [0.3, 0.4) is 0 Å². The first-order valence-corrected chi connectivity index (χ1v) is 13.9. The van der Waals surface area contributed by atoms with Crippen molar-refractivity contribution in [2.45, 2.75) is 119 Å². The van der Waals surface area contributed by atoms with Crippen molar-refractivity contribution in [2.24, 2.45) is 58.2 Å². The summed E-state index contributed by atoms with van der Waals surface area (Å²) in [5.74, 6) is 7.48. The van der Waals surface area contributed by atoms with Crippen molar-refractivity contribution in [1.82, 2.24) is 0 Å². The molecule has 0 bridgehead atoms. The highest BCUT2D eigenvalue weighted by Crippen LogP contribution is 2.68. The minimum atomic E-state index is 0.524. The Bertz CT molecular complexity index is 628. The molecule has 0 heterocycles. The lowest BCUT2D eigenvalue weighted by Crippen LogP contribution is -2.52. The smallest absolute Gasteiger partial charge is 0.00597 e. The Hall–Kier alpha value is -0.260. The van der Waals surface area contributed by atoms with E-state index >= 15 is 0 Å². The quantitative estimate of drug-likeness (QED) is 0.381. The van der Waals surface area contributed by atoms with Gasteiger partial charge in [0.1, 0.15) is 0 Å². The zero-order valence-electron chi connectivity index (χ0n) is 21.5. The number of hydrogen-bond donors (Lipinski definition) is 0. The van der Waals surface area contributed by atoms with E-state index in [1.807, 2.05) is 5.57 Å². The Morgan fingerprint density at radius 2 is 1.73 bits per heavy atom. The molecule has 0 spiro atoms. The van der Waals surface area contributed by atoms with Crippen LogP contribution in [-0.2, 0) is 0 Å². The molecule has 3 fully saturated rings. The summed E-state index contributed by atoms with van der Waals surface area (Å²) >= 11 is 0. The first-order chi connectivity index (χ1) is 14.2. The second-order valence-corrected chi connectivity index (χ2v) is 13.3. The third-order valence-corrected chi connectivity index (χ3v) is 11.7. The van der Waals surface area contributed by atoms with Crippen molar-refractivity contribution in [3.63, 3.8) is 0 Å². The summed E-state index contributed by atoms with van der Waals surface area (Å²) in [6.45, 7) is 18.0. The Morgan fingerprint density at radius 1 is 0.967 bits per heavy atom. The van der Waals surface area contributed by atoms with Gasteiger partial charge in [0.25, 0.3) is 0 Å². The molecule has 9 atom stereocenters. The van der Waals surface area contributed by atoms with E-state index in [4.69, 9.17) is 0 Å². The second-order valence-electron chi connectivity index (χ2n) is 13.3. The van der Waals surface area contributed by atoms with Gasteiger partial charge in [-0.1, -0.05) is 79.4 Å². The minimum absolute atomic E-state index is 0.524. The molecule has 0 aromatic heterocycles. The van der Waals surface area contributed by atoms with E-state index in [0.717, 1.165) is 47.3 Å². The summed E-state index contributed by atoms with van der Waals surface area (Å²) in [7, 11) is 0. The highest BCUT2D eigenvalue weighted by atomic mass is 14.6. The van der Waals surface area contributed by atoms with Crippen molar-refractivity contribution in [2.75, 3.05) is 0 Å². The summed E-state index contributed by atoms with van der Waals surface area (Å²) in [4.78, 5) is 0. The maximum atomic E-state index is 2.76. The minimum Gasteiger partial charge on any atom is -0.0845 e. The standard InChI is InChI=1S/C30H52/c1-20(2)10-8-11-21(3)23(5)26-16-17-27-25-15-14-24-13-9-12-22(4)30(24,7)28(25)18-19-29(26,27)6/h14,20-23,25-28H,8-13,15-19H2,1-7H3/t21-,22-,23?,25?,26+,27?,28?,29+,30-/m0/s1. The van der Waals surface area contributed by atoms with Crippen LogP contribution in [0.5, 0.6) is 0 Å². The monoisotopic (exact) mass is 412 g/mol. The van der Waals surface area contributed by atoms with Crippen LogP contribution in [0.1, 0.15) is 119 Å². The van der Waals surface area contributed by atoms with E-state index in [1.165, 1.54) is 70.6 Å². The fourth-order valence-corrected chi connectivity index (χ4v) is 9.46. The summed E-state index contributed by atoms with van der Waals surface area (Å²) in [5, 5.41) is 0. The second kappa shape index (κ2) is 8.59. The molecule has 4 aliphatic rings. The van der Waals surface area contributed by atoms with Gasteiger partial charge in [-0.25, -0.2) is 0 Å². The number of hydrogen-bond acceptors (Lipinski definition) is 0. The number of fused-ring (bicyclic) bond motifs is 5. The lowest BCUT2D eigenvalue weighted by molar-refractivity contribution is -0.0676. The lowest BCUT2D eigenvalue weighted by atomic mass is 9.45. The van der Waals surface area contributed by atoms with Crippen LogP contribution >= 0.6 is 0 Å². The van der Waals surface area contributed by atoms with E-state index in [1.54, 1.807) is 0 Å². The molecule has 3 saturated carbocycles. The molecule has 0 amide bonds. The van der Waals surface area contributed by atoms with Crippen molar-refractivity contribution in [3.05, 3.63) is 11.6 Å². The SMILES string of the molecule is CC(C)CCC[C@H](C)C(C)[C@H]1CCC2C3CC=C4CCC[C@H](C)[C@]4(C)C3CC[C@@]21C. The van der Waals surface area contributed by atoms with Gasteiger partial charge in [0.15, 0.2) is 0 Å². The Labute approximate surface area is 189 Å². The van der Waals surface area contributed by atoms with Gasteiger partial charge in [-0.3, -0.25) is 0 Å². The third-order valence-electron chi connectivity index (χ3n) is 11.7. The molecular formula is C30H52. The average Bonchev–Trinajstić information content (AvgIpc) is 3.05. The topological polar surface area (TPSA) is 0 Å². The Morgan fingerprint density at radius 3 is 2.47 bits per heavy atom. The molecule has 0 aromatic rings. The maximum Gasteiger partial charge on any atom is -0.00597 e. The molecule has 4 aliphatic carbocycles. The Kier molecular flexibility index (Phi) is 6.56. The van der Waals surface area contributed by atoms with Gasteiger partial charge in [0.2, 0.25) is 0 Å². The predicted octanol–water partition coefficient (Wildman–Crippen LogP) is 9.30. The van der Waals surface area contributed by atoms with Gasteiger partial charge in [-0.05, 0) is 110 Å². The number of rotatable bonds is 6. The molecule has 0 aromatic carbocycles. The summed E-state index contributed by atoms with van der Waals surface area (Å²) in [6, 6.07) is 0. The first kappa shape index (κ1) is 22.9. The highest BCUT2D eigenvalue weighted by Gasteiger charge is 2.60. The molecule has 0 radical (unpaired) electrons. The van der Waals surface area contributed by atoms with Gasteiger partial charge >= 0.3 is 0 Å². The molecule has 4 unspecified atom stereocenters. The highest BCUT2D eigenvalue weighted by molar-refractivity contribution is 5.25. The van der Waals surface area contributed by atoms with E-state index < -0.39 is 0 Å². The van der Waals surface area contributed by atoms with Crippen LogP contribution in [0.2, 0.25) is 0 Å². The largest absolute Gasteiger partial charge is 0.0845 e. The Balaban J connectivity index is 1.49. The van der Waals surface area contributed by atoms with Crippen LogP contribution in [0, 0.1) is 58.2 Å². The fourth-order valence-electron chi connectivity index (χ4n) is 9.46. The van der Waals surface area contributed by atoms with Crippen LogP contribution in [0.4, 0.5) is 0 Å². The first-order valence-electron chi connectivity index (χ1n) is 13.9. The molecule has 30 heavy (non-hydrogen) atoms. The molecule has 0 aliphatic heterocycles. The van der Waals surface area contributed by atoms with Crippen molar-refractivity contribution in [3.8, 4) is 0 Å². The third kappa shape index (κ3) is 3.65. The van der Waals surface area contributed by atoms with Crippen molar-refractivity contribution < 1.29 is 0 Å². The van der Waals surface area contributed by atoms with Crippen molar-refractivity contribution in [1.29, 1.82) is 0 Å². The molecule has 0 N–H and O–H groups in total. The predicted molar refractivity (Wildman–Crippen MR) is 131 cm³/mol. The summed E-state index contributed by atoms with van der Waals surface area (Å²) in [5.41, 5.74) is 3.01. The van der Waals surface area contributed by atoms with Gasteiger partial charge in [0, 0.05) is 0 Å². The molecule has 0 saturated heterocycles.